The molecular weight excluding hydrogens is 337 g/mol. The number of hydrogen-bond donors (Lipinski definition) is 4. The molecule has 1 amide bonds. The van der Waals surface area contributed by atoms with Crippen LogP contribution >= 0.6 is 0 Å². The van der Waals surface area contributed by atoms with Crippen molar-refractivity contribution in [1.82, 2.24) is 4.98 Å². The minimum absolute atomic E-state index is 0.00806. The number of nitrogen functional groups attached to an aromatic ring is 1. The average molecular weight is 357 g/mol. The molecular formula is C18H20FN5O2. The molecule has 0 aliphatic rings. The van der Waals surface area contributed by atoms with Gasteiger partial charge in [-0.2, -0.15) is 0 Å². The average Bonchev–Trinajstić information content (AvgIpc) is 2.62. The van der Waals surface area contributed by atoms with Crippen molar-refractivity contribution in [2.75, 3.05) is 18.2 Å². The molecule has 0 aliphatic carbocycles. The summed E-state index contributed by atoms with van der Waals surface area (Å²) in [5.41, 5.74) is 20.4. The van der Waals surface area contributed by atoms with Crippen LogP contribution in [0.3, 0.4) is 0 Å². The largest absolute Gasteiger partial charge is 0.453 e. The lowest BCUT2D eigenvalue weighted by molar-refractivity contribution is 0.187. The second-order valence-electron chi connectivity index (χ2n) is 5.46. The van der Waals surface area contributed by atoms with Crippen LogP contribution < -0.4 is 22.5 Å². The van der Waals surface area contributed by atoms with Gasteiger partial charge < -0.3 is 21.9 Å². The third-order valence-corrected chi connectivity index (χ3v) is 3.65. The monoisotopic (exact) mass is 357 g/mol. The number of methoxy groups -OCH3 is 1. The molecule has 8 heteroatoms. The highest BCUT2D eigenvalue weighted by atomic mass is 19.1. The van der Waals surface area contributed by atoms with Crippen LogP contribution in [0.2, 0.25) is 0 Å². The maximum Gasteiger partial charge on any atom is 0.412 e. The fourth-order valence-electron chi connectivity index (χ4n) is 2.31. The summed E-state index contributed by atoms with van der Waals surface area (Å²) in [6.45, 7) is 1.73. The van der Waals surface area contributed by atoms with Crippen LogP contribution in [0.5, 0.6) is 0 Å². The van der Waals surface area contributed by atoms with E-state index in [-0.39, 0.29) is 5.69 Å². The first-order chi connectivity index (χ1) is 12.3. The molecule has 0 fully saturated rings. The van der Waals surface area contributed by atoms with Crippen LogP contribution in [0.4, 0.5) is 20.7 Å². The highest BCUT2D eigenvalue weighted by Crippen LogP contribution is 2.25. The van der Waals surface area contributed by atoms with Gasteiger partial charge in [-0.1, -0.05) is 0 Å². The summed E-state index contributed by atoms with van der Waals surface area (Å²) in [5.74, 6) is -0.204. The van der Waals surface area contributed by atoms with E-state index >= 15 is 0 Å². The highest BCUT2D eigenvalue weighted by Gasteiger charge is 2.09. The molecule has 0 bridgehead atoms. The maximum absolute atomic E-state index is 13.5. The molecule has 0 unspecified atom stereocenters. The lowest BCUT2D eigenvalue weighted by atomic mass is 10.0. The Kier molecular flexibility index (Phi) is 5.79. The number of carbonyl (C=O) groups excluding carboxylic acids is 1. The zero-order valence-corrected chi connectivity index (χ0v) is 14.4. The Morgan fingerprint density at radius 1 is 1.35 bits per heavy atom. The van der Waals surface area contributed by atoms with Gasteiger partial charge in [0.25, 0.3) is 0 Å². The summed E-state index contributed by atoms with van der Waals surface area (Å²) < 4.78 is 18.1. The van der Waals surface area contributed by atoms with Gasteiger partial charge in [-0.15, -0.1) is 0 Å². The Bertz CT molecular complexity index is 893. The molecule has 26 heavy (non-hydrogen) atoms. The minimum atomic E-state index is -0.639. The number of benzene rings is 1. The second kappa shape index (κ2) is 8.02. The zero-order chi connectivity index (χ0) is 19.3. The predicted molar refractivity (Wildman–Crippen MR) is 100 cm³/mol. The molecule has 0 saturated heterocycles. The van der Waals surface area contributed by atoms with E-state index in [0.717, 1.165) is 0 Å². The van der Waals surface area contributed by atoms with Gasteiger partial charge in [0.1, 0.15) is 11.6 Å². The van der Waals surface area contributed by atoms with Gasteiger partial charge >= 0.3 is 6.09 Å². The maximum atomic E-state index is 13.5. The summed E-state index contributed by atoms with van der Waals surface area (Å²) in [4.78, 5) is 15.3. The van der Waals surface area contributed by atoms with Crippen LogP contribution in [0.25, 0.3) is 11.3 Å². The normalized spacial score (nSPS) is 12.0. The number of nitrogens with zero attached hydrogens (tertiary/aromatic N) is 1. The molecule has 0 aliphatic heterocycles. The van der Waals surface area contributed by atoms with E-state index in [4.69, 9.17) is 17.2 Å². The molecule has 1 aromatic carbocycles. The predicted octanol–water partition coefficient (Wildman–Crippen LogP) is 2.59. The zero-order valence-electron chi connectivity index (χ0n) is 14.4. The molecule has 0 atom stereocenters. The molecule has 0 saturated carbocycles. The number of aryl methyl sites for hydroxylation is 1. The van der Waals surface area contributed by atoms with Gasteiger partial charge in [-0.05, 0) is 54.0 Å². The number of amides is 1. The van der Waals surface area contributed by atoms with Gasteiger partial charge in [0, 0.05) is 23.7 Å². The number of nitrogens with two attached hydrogens (primary N) is 3. The summed E-state index contributed by atoms with van der Waals surface area (Å²) >= 11 is 0. The first kappa shape index (κ1) is 18.8. The van der Waals surface area contributed by atoms with Crippen LogP contribution in [0.15, 0.2) is 42.7 Å². The SMILES string of the molecule is COC(=O)Nc1cc(C(/C=C(\N)c2cc(N)c(F)cc2C)=C/N)ccn1. The fraction of sp³-hybridized carbons (Fsp3) is 0.111. The van der Waals surface area contributed by atoms with Crippen molar-refractivity contribution in [2.24, 2.45) is 11.5 Å². The number of ether oxygens (including phenoxy) is 1. The van der Waals surface area contributed by atoms with Crippen molar-refractivity contribution in [3.05, 3.63) is 65.2 Å². The number of allylic oxidation sites excluding steroid dienone is 2. The summed E-state index contributed by atoms with van der Waals surface area (Å²) in [6, 6.07) is 6.12. The van der Waals surface area contributed by atoms with Gasteiger partial charge in [-0.3, -0.25) is 5.32 Å². The van der Waals surface area contributed by atoms with E-state index in [0.29, 0.717) is 33.8 Å². The van der Waals surface area contributed by atoms with Gasteiger partial charge in [-0.25, -0.2) is 14.2 Å². The molecule has 2 aromatic rings. The smallest absolute Gasteiger partial charge is 0.412 e. The summed E-state index contributed by atoms with van der Waals surface area (Å²) in [5, 5.41) is 2.47. The quantitative estimate of drug-likeness (QED) is 0.492. The summed E-state index contributed by atoms with van der Waals surface area (Å²) in [7, 11) is 1.25. The Morgan fingerprint density at radius 3 is 2.73 bits per heavy atom. The van der Waals surface area contributed by atoms with Crippen molar-refractivity contribution in [1.29, 1.82) is 0 Å². The molecule has 7 N–H and O–H groups in total. The minimum Gasteiger partial charge on any atom is -0.453 e. The third-order valence-electron chi connectivity index (χ3n) is 3.65. The third kappa shape index (κ3) is 4.29. The van der Waals surface area contributed by atoms with Gasteiger partial charge in [0.05, 0.1) is 12.8 Å². The number of pyridine rings is 1. The molecule has 2 rings (SSSR count). The number of nitrogens with one attached hydrogen (secondary N) is 1. The molecule has 0 spiro atoms. The Hall–Kier alpha value is -3.55. The lowest BCUT2D eigenvalue weighted by Crippen LogP contribution is -2.12. The number of rotatable bonds is 4. The van der Waals surface area contributed by atoms with Crippen molar-refractivity contribution in [3.8, 4) is 0 Å². The second-order valence-corrected chi connectivity index (χ2v) is 5.46. The fourth-order valence-corrected chi connectivity index (χ4v) is 2.31. The topological polar surface area (TPSA) is 129 Å². The van der Waals surface area contributed by atoms with E-state index in [1.54, 1.807) is 25.1 Å². The van der Waals surface area contributed by atoms with Crippen molar-refractivity contribution in [2.45, 2.75) is 6.92 Å². The van der Waals surface area contributed by atoms with Crippen LogP contribution in [-0.4, -0.2) is 18.2 Å². The number of hydrogen-bond acceptors (Lipinski definition) is 6. The molecule has 1 aromatic heterocycles. The van der Waals surface area contributed by atoms with E-state index in [9.17, 15) is 9.18 Å². The van der Waals surface area contributed by atoms with Crippen LogP contribution in [0.1, 0.15) is 16.7 Å². The summed E-state index contributed by atoms with van der Waals surface area (Å²) in [6.07, 6.45) is 3.87. The first-order valence-corrected chi connectivity index (χ1v) is 7.62. The Morgan fingerprint density at radius 2 is 2.08 bits per heavy atom. The number of carbonyl (C=O) groups is 1. The van der Waals surface area contributed by atoms with Crippen molar-refractivity contribution in [3.63, 3.8) is 0 Å². The van der Waals surface area contributed by atoms with E-state index < -0.39 is 11.9 Å². The number of halogens is 1. The Labute approximate surface area is 150 Å². The van der Waals surface area contributed by atoms with Crippen molar-refractivity contribution < 1.29 is 13.9 Å². The number of aromatic nitrogens is 1. The van der Waals surface area contributed by atoms with E-state index in [2.05, 4.69) is 15.0 Å². The molecule has 1 heterocycles. The first-order valence-electron chi connectivity index (χ1n) is 7.62. The highest BCUT2D eigenvalue weighted by molar-refractivity contribution is 5.87. The Balaban J connectivity index is 2.37. The van der Waals surface area contributed by atoms with Crippen LogP contribution in [0, 0.1) is 12.7 Å². The van der Waals surface area contributed by atoms with Gasteiger partial charge in [0.15, 0.2) is 0 Å². The molecule has 0 radical (unpaired) electrons. The van der Waals surface area contributed by atoms with Crippen LogP contribution in [-0.2, 0) is 4.74 Å². The van der Waals surface area contributed by atoms with E-state index in [1.165, 1.54) is 31.6 Å². The molecule has 7 nitrogen and oxygen atoms in total. The molecule has 136 valence electrons. The standard InChI is InChI=1S/C18H20FN5O2/c1-10-5-14(19)16(22)8-13(10)15(21)6-12(9-20)11-3-4-23-17(7-11)24-18(25)26-2/h3-9H,20-22H2,1-2H3,(H,23,24,25)/b12-9+,15-6-. The lowest BCUT2D eigenvalue weighted by Gasteiger charge is -2.11. The van der Waals surface area contributed by atoms with E-state index in [1.807, 2.05) is 0 Å². The van der Waals surface area contributed by atoms with Gasteiger partial charge in [0.2, 0.25) is 0 Å². The van der Waals surface area contributed by atoms with Crippen molar-refractivity contribution >= 4 is 28.9 Å². The number of anilines is 2.